The van der Waals surface area contributed by atoms with Gasteiger partial charge in [-0.1, -0.05) is 40.6 Å². The lowest BCUT2D eigenvalue weighted by Gasteiger charge is -2.12. The number of benzene rings is 2. The molecule has 6 nitrogen and oxygen atoms in total. The van der Waals surface area contributed by atoms with Crippen LogP contribution in [0.2, 0.25) is 10.0 Å². The number of hydrogen-bond acceptors (Lipinski definition) is 5. The van der Waals surface area contributed by atoms with Gasteiger partial charge in [-0.15, -0.1) is 6.58 Å². The Labute approximate surface area is 181 Å². The van der Waals surface area contributed by atoms with Crippen molar-refractivity contribution >= 4 is 50.7 Å². The molecule has 0 spiro atoms. The van der Waals surface area contributed by atoms with E-state index < -0.39 is 5.91 Å². The van der Waals surface area contributed by atoms with Crippen molar-refractivity contribution in [1.29, 1.82) is 0 Å². The van der Waals surface area contributed by atoms with Gasteiger partial charge in [0.2, 0.25) is 5.75 Å². The van der Waals surface area contributed by atoms with Gasteiger partial charge < -0.3 is 18.8 Å². The summed E-state index contributed by atoms with van der Waals surface area (Å²) in [4.78, 5) is 17.7. The van der Waals surface area contributed by atoms with E-state index in [1.165, 1.54) is 32.7 Å². The molecule has 1 heterocycles. The summed E-state index contributed by atoms with van der Waals surface area (Å²) < 4.78 is 18.6. The highest BCUT2D eigenvalue weighted by atomic mass is 35.5. The lowest BCUT2D eigenvalue weighted by atomic mass is 10.1. The molecule has 152 valence electrons. The second-order valence-corrected chi connectivity index (χ2v) is 7.62. The van der Waals surface area contributed by atoms with Gasteiger partial charge in [0.25, 0.3) is 5.91 Å². The first-order valence-corrected chi connectivity index (χ1v) is 9.99. The van der Waals surface area contributed by atoms with Crippen molar-refractivity contribution in [2.24, 2.45) is 4.99 Å². The Kier molecular flexibility index (Phi) is 6.52. The highest BCUT2D eigenvalue weighted by molar-refractivity contribution is 7.16. The Bertz CT molecular complexity index is 1140. The smallest absolute Gasteiger partial charge is 0.279 e. The highest BCUT2D eigenvalue weighted by Crippen LogP contribution is 2.38. The van der Waals surface area contributed by atoms with Crippen LogP contribution < -0.4 is 19.0 Å². The van der Waals surface area contributed by atoms with E-state index in [2.05, 4.69) is 11.6 Å². The first-order valence-electron chi connectivity index (χ1n) is 8.42. The molecule has 0 aliphatic heterocycles. The predicted octanol–water partition coefficient (Wildman–Crippen LogP) is 4.96. The summed E-state index contributed by atoms with van der Waals surface area (Å²) in [6.45, 7) is 4.19. The van der Waals surface area contributed by atoms with Crippen LogP contribution in [-0.4, -0.2) is 31.8 Å². The van der Waals surface area contributed by atoms with E-state index in [-0.39, 0.29) is 0 Å². The van der Waals surface area contributed by atoms with Crippen LogP contribution in [-0.2, 0) is 6.54 Å². The maximum Gasteiger partial charge on any atom is 0.279 e. The summed E-state index contributed by atoms with van der Waals surface area (Å²) in [5.41, 5.74) is 1.01. The van der Waals surface area contributed by atoms with Crippen LogP contribution >= 0.6 is 34.5 Å². The summed E-state index contributed by atoms with van der Waals surface area (Å²) in [5, 5.41) is 0.834. The topological polar surface area (TPSA) is 62.1 Å². The number of halogens is 2. The molecule has 1 aromatic heterocycles. The molecular formula is C20H18Cl2N2O4S. The predicted molar refractivity (Wildman–Crippen MR) is 116 cm³/mol. The van der Waals surface area contributed by atoms with Gasteiger partial charge in [-0.2, -0.15) is 4.99 Å². The molecule has 0 N–H and O–H groups in total. The molecule has 0 fully saturated rings. The van der Waals surface area contributed by atoms with E-state index in [1.807, 2.05) is 6.07 Å². The standard InChI is InChI=1S/C20H18Cl2N2O4S/c1-5-8-24-17-15(7-6-12(21)16(17)22)29-20(24)23-19(25)11-9-13(26-2)18(28-4)14(10-11)27-3/h5-7,9-10H,1,8H2,2-4H3. The fourth-order valence-electron chi connectivity index (χ4n) is 2.84. The Hall–Kier alpha value is -2.48. The van der Waals surface area contributed by atoms with Crippen LogP contribution in [0.1, 0.15) is 10.4 Å². The molecule has 1 amide bonds. The molecule has 29 heavy (non-hydrogen) atoms. The molecule has 0 saturated heterocycles. The van der Waals surface area contributed by atoms with E-state index in [9.17, 15) is 4.79 Å². The lowest BCUT2D eigenvalue weighted by molar-refractivity contribution is 0.0997. The summed E-state index contributed by atoms with van der Waals surface area (Å²) in [6, 6.07) is 6.67. The number of carbonyl (C=O) groups is 1. The first kappa shape index (κ1) is 21.2. The minimum absolute atomic E-state index is 0.297. The molecule has 0 aliphatic rings. The molecule has 3 aromatic rings. The summed E-state index contributed by atoms with van der Waals surface area (Å²) in [6.07, 6.45) is 1.70. The van der Waals surface area contributed by atoms with Crippen LogP contribution in [0.3, 0.4) is 0 Å². The molecule has 3 rings (SSSR count). The monoisotopic (exact) mass is 452 g/mol. The van der Waals surface area contributed by atoms with Gasteiger partial charge in [0.1, 0.15) is 0 Å². The van der Waals surface area contributed by atoms with Crippen LogP contribution in [0.5, 0.6) is 17.2 Å². The van der Waals surface area contributed by atoms with Crippen LogP contribution in [0.25, 0.3) is 10.2 Å². The Balaban J connectivity index is 2.19. The third-order valence-electron chi connectivity index (χ3n) is 4.15. The van der Waals surface area contributed by atoms with Crippen molar-refractivity contribution in [2.45, 2.75) is 6.54 Å². The lowest BCUT2D eigenvalue weighted by Crippen LogP contribution is -2.16. The second kappa shape index (κ2) is 8.90. The summed E-state index contributed by atoms with van der Waals surface area (Å²) >= 11 is 13.9. The van der Waals surface area contributed by atoms with Crippen molar-refractivity contribution in [1.82, 2.24) is 4.57 Å². The van der Waals surface area contributed by atoms with Crippen LogP contribution in [0.15, 0.2) is 41.9 Å². The third-order valence-corrected chi connectivity index (χ3v) is 5.99. The molecule has 9 heteroatoms. The van der Waals surface area contributed by atoms with Gasteiger partial charge in [0.15, 0.2) is 16.3 Å². The molecule has 0 radical (unpaired) electrons. The van der Waals surface area contributed by atoms with E-state index >= 15 is 0 Å². The Morgan fingerprint density at radius 2 is 1.83 bits per heavy atom. The fourth-order valence-corrected chi connectivity index (χ4v) is 4.36. The number of allylic oxidation sites excluding steroid dienone is 1. The van der Waals surface area contributed by atoms with E-state index in [0.29, 0.717) is 49.7 Å². The van der Waals surface area contributed by atoms with E-state index in [0.717, 1.165) is 4.70 Å². The number of ether oxygens (including phenoxy) is 3. The molecule has 0 bridgehead atoms. The fraction of sp³-hybridized carbons (Fsp3) is 0.200. The number of amides is 1. The zero-order valence-electron chi connectivity index (χ0n) is 16.0. The molecule has 0 aliphatic carbocycles. The number of fused-ring (bicyclic) bond motifs is 1. The second-order valence-electron chi connectivity index (χ2n) is 5.82. The quantitative estimate of drug-likeness (QED) is 0.495. The van der Waals surface area contributed by atoms with Crippen molar-refractivity contribution in [2.75, 3.05) is 21.3 Å². The number of thiazole rings is 1. The van der Waals surface area contributed by atoms with Crippen LogP contribution in [0.4, 0.5) is 0 Å². The number of hydrogen-bond donors (Lipinski definition) is 0. The maximum absolute atomic E-state index is 12.9. The summed E-state index contributed by atoms with van der Waals surface area (Å²) in [5.74, 6) is 0.679. The van der Waals surface area contributed by atoms with Crippen molar-refractivity contribution in [3.05, 3.63) is 57.3 Å². The van der Waals surface area contributed by atoms with E-state index in [1.54, 1.807) is 28.8 Å². The number of aromatic nitrogens is 1. The Morgan fingerprint density at radius 3 is 2.38 bits per heavy atom. The number of methoxy groups -OCH3 is 3. The number of carbonyl (C=O) groups excluding carboxylic acids is 1. The average Bonchev–Trinajstić information content (AvgIpc) is 3.07. The van der Waals surface area contributed by atoms with Crippen molar-refractivity contribution < 1.29 is 19.0 Å². The first-order chi connectivity index (χ1) is 13.9. The zero-order valence-corrected chi connectivity index (χ0v) is 18.3. The normalized spacial score (nSPS) is 11.6. The molecule has 0 unspecified atom stereocenters. The van der Waals surface area contributed by atoms with E-state index in [4.69, 9.17) is 37.4 Å². The molecule has 0 atom stereocenters. The third kappa shape index (κ3) is 3.99. The minimum atomic E-state index is -0.462. The van der Waals surface area contributed by atoms with Gasteiger partial charge in [-0.3, -0.25) is 4.79 Å². The summed E-state index contributed by atoms with van der Waals surface area (Å²) in [7, 11) is 4.47. The number of rotatable bonds is 6. The van der Waals surface area contributed by atoms with Gasteiger partial charge in [0, 0.05) is 12.1 Å². The van der Waals surface area contributed by atoms with Gasteiger partial charge in [-0.25, -0.2) is 0 Å². The maximum atomic E-state index is 12.9. The van der Waals surface area contributed by atoms with Gasteiger partial charge >= 0.3 is 0 Å². The highest BCUT2D eigenvalue weighted by Gasteiger charge is 2.18. The largest absolute Gasteiger partial charge is 0.493 e. The molecule has 2 aromatic carbocycles. The van der Waals surface area contributed by atoms with Crippen molar-refractivity contribution in [3.63, 3.8) is 0 Å². The Morgan fingerprint density at radius 1 is 1.17 bits per heavy atom. The molecule has 0 saturated carbocycles. The minimum Gasteiger partial charge on any atom is -0.493 e. The SMILES string of the molecule is C=CCn1c(=NC(=O)c2cc(OC)c(OC)c(OC)c2)sc2ccc(Cl)c(Cl)c21. The number of nitrogens with zero attached hydrogens (tertiary/aromatic N) is 2. The van der Waals surface area contributed by atoms with Crippen molar-refractivity contribution in [3.8, 4) is 17.2 Å². The van der Waals surface area contributed by atoms with Crippen LogP contribution in [0, 0.1) is 0 Å². The van der Waals surface area contributed by atoms with Gasteiger partial charge in [0.05, 0.1) is 41.6 Å². The molecular weight excluding hydrogens is 435 g/mol. The average molecular weight is 453 g/mol. The van der Waals surface area contributed by atoms with Gasteiger partial charge in [-0.05, 0) is 24.3 Å². The zero-order chi connectivity index (χ0) is 21.1.